The topological polar surface area (TPSA) is 89.8 Å². The summed E-state index contributed by atoms with van der Waals surface area (Å²) in [6.45, 7) is 0. The van der Waals surface area contributed by atoms with Gasteiger partial charge in [0.05, 0.1) is 11.0 Å². The fraction of sp³-hybridized carbons (Fsp3) is 0.316. The summed E-state index contributed by atoms with van der Waals surface area (Å²) in [4.78, 5) is 12.6. The van der Waals surface area contributed by atoms with Gasteiger partial charge in [-0.15, -0.1) is 0 Å². The number of nitrogen functional groups attached to an aromatic ring is 1. The number of anilines is 1. The van der Waals surface area contributed by atoms with Gasteiger partial charge < -0.3 is 10.8 Å². The van der Waals surface area contributed by atoms with Crippen LogP contribution in [-0.4, -0.2) is 30.2 Å². The van der Waals surface area contributed by atoms with Crippen LogP contribution in [0.4, 0.5) is 5.95 Å². The molecule has 0 atom stereocenters. The second kappa shape index (κ2) is 6.19. The fourth-order valence-electron chi connectivity index (χ4n) is 3.23. The Balaban J connectivity index is 1.72. The Bertz CT molecular complexity index is 976. The van der Waals surface area contributed by atoms with Gasteiger partial charge in [-0.3, -0.25) is 9.55 Å². The van der Waals surface area contributed by atoms with E-state index in [1.165, 1.54) is 6.42 Å². The van der Waals surface area contributed by atoms with E-state index in [2.05, 4.69) is 26.8 Å². The first-order valence-electron chi connectivity index (χ1n) is 8.45. The highest BCUT2D eigenvalue weighted by Crippen LogP contribution is 2.27. The molecule has 0 saturated heterocycles. The van der Waals surface area contributed by atoms with E-state index < -0.39 is 5.60 Å². The van der Waals surface area contributed by atoms with Crippen LogP contribution in [0.3, 0.4) is 0 Å². The third kappa shape index (κ3) is 3.19. The molecule has 3 heterocycles. The Morgan fingerprint density at radius 3 is 2.80 bits per heavy atom. The second-order valence-electron chi connectivity index (χ2n) is 6.43. The van der Waals surface area contributed by atoms with E-state index in [1.807, 2.05) is 22.9 Å². The first kappa shape index (κ1) is 15.6. The van der Waals surface area contributed by atoms with Gasteiger partial charge >= 0.3 is 0 Å². The predicted octanol–water partition coefficient (Wildman–Crippen LogP) is 2.44. The predicted molar refractivity (Wildman–Crippen MR) is 96.0 cm³/mol. The largest absolute Gasteiger partial charge is 0.378 e. The number of nitrogens with two attached hydrogens (primary N) is 1. The molecule has 1 saturated carbocycles. The van der Waals surface area contributed by atoms with Gasteiger partial charge in [0.1, 0.15) is 11.4 Å². The molecule has 3 N–H and O–H groups in total. The highest BCUT2D eigenvalue weighted by Gasteiger charge is 2.26. The van der Waals surface area contributed by atoms with Crippen LogP contribution < -0.4 is 5.73 Å². The van der Waals surface area contributed by atoms with E-state index in [-0.39, 0.29) is 5.95 Å². The molecule has 4 rings (SSSR count). The van der Waals surface area contributed by atoms with Crippen molar-refractivity contribution in [3.63, 3.8) is 0 Å². The number of aromatic nitrogens is 4. The van der Waals surface area contributed by atoms with Gasteiger partial charge in [0, 0.05) is 24.2 Å². The van der Waals surface area contributed by atoms with Crippen molar-refractivity contribution in [1.82, 2.24) is 19.5 Å². The van der Waals surface area contributed by atoms with Gasteiger partial charge in [0.2, 0.25) is 5.95 Å². The lowest BCUT2D eigenvalue weighted by Crippen LogP contribution is -2.29. The molecule has 0 radical (unpaired) electrons. The maximum Gasteiger partial charge on any atom is 0.221 e. The molecule has 3 aromatic heterocycles. The van der Waals surface area contributed by atoms with E-state index >= 15 is 0 Å². The number of pyridine rings is 1. The van der Waals surface area contributed by atoms with Gasteiger partial charge in [0.15, 0.2) is 0 Å². The Morgan fingerprint density at radius 2 is 2.00 bits per heavy atom. The first-order chi connectivity index (χ1) is 12.1. The molecule has 0 unspecified atom stereocenters. The van der Waals surface area contributed by atoms with Gasteiger partial charge in [-0.25, -0.2) is 4.98 Å². The summed E-state index contributed by atoms with van der Waals surface area (Å²) in [7, 11) is 0. The molecule has 1 aliphatic rings. The van der Waals surface area contributed by atoms with Crippen LogP contribution in [0.25, 0.3) is 16.9 Å². The highest BCUT2D eigenvalue weighted by molar-refractivity contribution is 5.78. The lowest BCUT2D eigenvalue weighted by molar-refractivity contribution is 0.0610. The van der Waals surface area contributed by atoms with Crippen LogP contribution in [0.5, 0.6) is 0 Å². The quantitative estimate of drug-likeness (QED) is 0.668. The van der Waals surface area contributed by atoms with Crippen LogP contribution >= 0.6 is 0 Å². The minimum Gasteiger partial charge on any atom is -0.378 e. The van der Waals surface area contributed by atoms with Crippen molar-refractivity contribution in [3.8, 4) is 17.7 Å². The zero-order valence-corrected chi connectivity index (χ0v) is 13.8. The molecular weight excluding hydrogens is 314 g/mol. The Kier molecular flexibility index (Phi) is 3.86. The molecule has 0 aromatic carbocycles. The molecular formula is C19H19N5O. The molecule has 0 spiro atoms. The number of rotatable bonds is 1. The summed E-state index contributed by atoms with van der Waals surface area (Å²) in [5.74, 6) is 7.05. The van der Waals surface area contributed by atoms with Crippen LogP contribution in [0, 0.1) is 11.8 Å². The number of hydrogen-bond acceptors (Lipinski definition) is 5. The SMILES string of the molecule is Nc1nccc(-n2ccc3ncc(C#CC4(O)CCCCC4)cc32)n1. The minimum atomic E-state index is -0.865. The van der Waals surface area contributed by atoms with E-state index in [1.54, 1.807) is 18.5 Å². The maximum absolute atomic E-state index is 10.5. The van der Waals surface area contributed by atoms with Crippen LogP contribution in [0.2, 0.25) is 0 Å². The average Bonchev–Trinajstić information content (AvgIpc) is 3.04. The van der Waals surface area contributed by atoms with E-state index in [0.29, 0.717) is 5.82 Å². The zero-order chi connectivity index (χ0) is 17.3. The fourth-order valence-corrected chi connectivity index (χ4v) is 3.23. The summed E-state index contributed by atoms with van der Waals surface area (Å²) >= 11 is 0. The Hall–Kier alpha value is -2.91. The number of hydrogen-bond donors (Lipinski definition) is 2. The smallest absolute Gasteiger partial charge is 0.221 e. The zero-order valence-electron chi connectivity index (χ0n) is 13.8. The molecule has 25 heavy (non-hydrogen) atoms. The standard InChI is InChI=1S/C19H19N5O/c20-18-21-10-5-17(23-18)24-11-6-15-16(24)12-14(13-22-15)4-9-19(25)7-2-1-3-8-19/h5-6,10-13,25H,1-3,7-8H2,(H2,20,21,23). The molecule has 0 amide bonds. The van der Waals surface area contributed by atoms with Crippen LogP contribution in [0.15, 0.2) is 36.8 Å². The highest BCUT2D eigenvalue weighted by atomic mass is 16.3. The van der Waals surface area contributed by atoms with Crippen molar-refractivity contribution in [2.75, 3.05) is 5.73 Å². The van der Waals surface area contributed by atoms with Crippen molar-refractivity contribution >= 4 is 17.0 Å². The third-order valence-electron chi connectivity index (χ3n) is 4.56. The van der Waals surface area contributed by atoms with Crippen LogP contribution in [-0.2, 0) is 0 Å². The van der Waals surface area contributed by atoms with Crippen molar-refractivity contribution in [3.05, 3.63) is 42.4 Å². The van der Waals surface area contributed by atoms with E-state index in [0.717, 1.165) is 42.3 Å². The molecule has 6 nitrogen and oxygen atoms in total. The normalized spacial score (nSPS) is 16.4. The molecule has 0 aliphatic heterocycles. The summed E-state index contributed by atoms with van der Waals surface area (Å²) in [5.41, 5.74) is 7.32. The summed E-state index contributed by atoms with van der Waals surface area (Å²) in [5, 5.41) is 10.5. The lowest BCUT2D eigenvalue weighted by Gasteiger charge is -2.26. The Morgan fingerprint density at radius 1 is 1.16 bits per heavy atom. The number of aliphatic hydroxyl groups is 1. The molecule has 3 aromatic rings. The molecule has 6 heteroatoms. The first-order valence-corrected chi connectivity index (χ1v) is 8.45. The third-order valence-corrected chi connectivity index (χ3v) is 4.56. The molecule has 0 bridgehead atoms. The summed E-state index contributed by atoms with van der Waals surface area (Å²) in [6.07, 6.45) is 9.97. The van der Waals surface area contributed by atoms with Crippen LogP contribution in [0.1, 0.15) is 37.7 Å². The molecule has 126 valence electrons. The van der Waals surface area contributed by atoms with Crippen molar-refractivity contribution < 1.29 is 5.11 Å². The van der Waals surface area contributed by atoms with Gasteiger partial charge in [0.25, 0.3) is 0 Å². The van der Waals surface area contributed by atoms with Crippen molar-refractivity contribution in [2.24, 2.45) is 0 Å². The molecule has 1 fully saturated rings. The Labute approximate surface area is 145 Å². The summed E-state index contributed by atoms with van der Waals surface area (Å²) < 4.78 is 1.90. The van der Waals surface area contributed by atoms with E-state index in [4.69, 9.17) is 5.73 Å². The van der Waals surface area contributed by atoms with Crippen molar-refractivity contribution in [1.29, 1.82) is 0 Å². The van der Waals surface area contributed by atoms with Gasteiger partial charge in [-0.1, -0.05) is 18.3 Å². The number of nitrogens with zero attached hydrogens (tertiary/aromatic N) is 4. The number of fused-ring (bicyclic) bond motifs is 1. The minimum absolute atomic E-state index is 0.225. The van der Waals surface area contributed by atoms with Gasteiger partial charge in [-0.05, 0) is 43.9 Å². The molecule has 1 aliphatic carbocycles. The van der Waals surface area contributed by atoms with Crippen molar-refractivity contribution in [2.45, 2.75) is 37.7 Å². The monoisotopic (exact) mass is 333 g/mol. The van der Waals surface area contributed by atoms with Gasteiger partial charge in [-0.2, -0.15) is 4.98 Å². The second-order valence-corrected chi connectivity index (χ2v) is 6.43. The lowest BCUT2D eigenvalue weighted by atomic mass is 9.85. The average molecular weight is 333 g/mol. The maximum atomic E-state index is 10.5. The summed E-state index contributed by atoms with van der Waals surface area (Å²) in [6, 6.07) is 5.66. The van der Waals surface area contributed by atoms with E-state index in [9.17, 15) is 5.11 Å².